The Kier molecular flexibility index (Phi) is 4.30. The molecule has 2 aromatic rings. The first-order valence-corrected chi connectivity index (χ1v) is 6.96. The lowest BCUT2D eigenvalue weighted by Gasteiger charge is -2.10. The van der Waals surface area contributed by atoms with E-state index in [1.807, 2.05) is 0 Å². The molecule has 0 radical (unpaired) electrons. The van der Waals surface area contributed by atoms with Gasteiger partial charge in [0.25, 0.3) is 5.91 Å². The van der Waals surface area contributed by atoms with Crippen LogP contribution in [0.1, 0.15) is 23.7 Å². The molecular formula is C12H15BrN4O. The van der Waals surface area contributed by atoms with Crippen molar-refractivity contribution < 1.29 is 4.79 Å². The Morgan fingerprint density at radius 3 is 3.17 bits per heavy atom. The maximum Gasteiger partial charge on any atom is 0.255 e. The molecule has 2 rings (SSSR count). The highest BCUT2D eigenvalue weighted by Crippen LogP contribution is 2.09. The molecule has 1 amide bonds. The van der Waals surface area contributed by atoms with Crippen molar-refractivity contribution >= 4 is 27.4 Å². The third-order valence-electron chi connectivity index (χ3n) is 2.78. The molecule has 0 bridgehead atoms. The summed E-state index contributed by atoms with van der Waals surface area (Å²) in [6, 6.07) is 0. The van der Waals surface area contributed by atoms with Crippen molar-refractivity contribution in [2.75, 3.05) is 11.9 Å². The van der Waals surface area contributed by atoms with Gasteiger partial charge in [-0.05, 0) is 12.3 Å². The standard InChI is InChI=1S/C12H15BrN4O/c1-9(2-3-13)6-15-12(18)10-7-16-17-5-4-14-8-11(10)17/h4-5,7-9H,2-3,6H2,1H3,(H,15,18). The third kappa shape index (κ3) is 2.87. The Balaban J connectivity index is 2.05. The smallest absolute Gasteiger partial charge is 0.255 e. The summed E-state index contributed by atoms with van der Waals surface area (Å²) in [5.74, 6) is 0.354. The number of halogens is 1. The molecule has 1 atom stereocenters. The lowest BCUT2D eigenvalue weighted by Crippen LogP contribution is -2.28. The quantitative estimate of drug-likeness (QED) is 0.858. The zero-order valence-corrected chi connectivity index (χ0v) is 11.7. The van der Waals surface area contributed by atoms with Gasteiger partial charge in [-0.15, -0.1) is 0 Å². The molecular weight excluding hydrogens is 296 g/mol. The molecule has 2 aromatic heterocycles. The molecule has 0 aliphatic heterocycles. The fourth-order valence-electron chi connectivity index (χ4n) is 1.66. The zero-order chi connectivity index (χ0) is 13.0. The number of aromatic nitrogens is 3. The number of amides is 1. The van der Waals surface area contributed by atoms with E-state index in [0.29, 0.717) is 18.0 Å². The van der Waals surface area contributed by atoms with Gasteiger partial charge in [0.1, 0.15) is 0 Å². The van der Waals surface area contributed by atoms with Crippen LogP contribution < -0.4 is 5.32 Å². The van der Waals surface area contributed by atoms with Crippen molar-refractivity contribution in [1.29, 1.82) is 0 Å². The normalized spacial score (nSPS) is 12.6. The first kappa shape index (κ1) is 13.0. The fourth-order valence-corrected chi connectivity index (χ4v) is 2.44. The molecule has 0 aliphatic carbocycles. The third-order valence-corrected chi connectivity index (χ3v) is 3.24. The molecule has 0 fully saturated rings. The molecule has 0 saturated heterocycles. The maximum absolute atomic E-state index is 12.0. The highest BCUT2D eigenvalue weighted by molar-refractivity contribution is 9.09. The summed E-state index contributed by atoms with van der Waals surface area (Å²) in [5.41, 5.74) is 1.29. The lowest BCUT2D eigenvalue weighted by molar-refractivity contribution is 0.0949. The van der Waals surface area contributed by atoms with E-state index in [4.69, 9.17) is 0 Å². The van der Waals surface area contributed by atoms with Crippen LogP contribution in [0.4, 0.5) is 0 Å². The Morgan fingerprint density at radius 2 is 2.39 bits per heavy atom. The second-order valence-corrected chi connectivity index (χ2v) is 5.05. The Labute approximate surface area is 114 Å². The number of carbonyl (C=O) groups excluding carboxylic acids is 1. The molecule has 0 aliphatic rings. The minimum atomic E-state index is -0.0978. The zero-order valence-electron chi connectivity index (χ0n) is 10.1. The van der Waals surface area contributed by atoms with Crippen LogP contribution in [-0.2, 0) is 0 Å². The van der Waals surface area contributed by atoms with Crippen LogP contribution in [0.2, 0.25) is 0 Å². The number of nitrogens with one attached hydrogen (secondary N) is 1. The van der Waals surface area contributed by atoms with Crippen LogP contribution in [0.25, 0.3) is 5.52 Å². The number of carbonyl (C=O) groups is 1. The van der Waals surface area contributed by atoms with Crippen molar-refractivity contribution in [3.63, 3.8) is 0 Å². The highest BCUT2D eigenvalue weighted by atomic mass is 79.9. The number of fused-ring (bicyclic) bond motifs is 1. The van der Waals surface area contributed by atoms with Crippen molar-refractivity contribution in [2.45, 2.75) is 13.3 Å². The Bertz CT molecular complexity index is 540. The largest absolute Gasteiger partial charge is 0.352 e. The number of hydrogen-bond acceptors (Lipinski definition) is 3. The molecule has 96 valence electrons. The summed E-state index contributed by atoms with van der Waals surface area (Å²) in [6.45, 7) is 2.78. The summed E-state index contributed by atoms with van der Waals surface area (Å²) >= 11 is 3.39. The van der Waals surface area contributed by atoms with Gasteiger partial charge < -0.3 is 5.32 Å². The Morgan fingerprint density at radius 1 is 1.56 bits per heavy atom. The van der Waals surface area contributed by atoms with Gasteiger partial charge in [-0.2, -0.15) is 5.10 Å². The number of alkyl halides is 1. The molecule has 6 heteroatoms. The van der Waals surface area contributed by atoms with E-state index in [1.165, 1.54) is 0 Å². The first-order chi connectivity index (χ1) is 8.72. The minimum Gasteiger partial charge on any atom is -0.352 e. The van der Waals surface area contributed by atoms with Gasteiger partial charge in [-0.25, -0.2) is 4.52 Å². The van der Waals surface area contributed by atoms with E-state index in [2.05, 4.69) is 38.3 Å². The van der Waals surface area contributed by atoms with Crippen LogP contribution in [0, 0.1) is 5.92 Å². The topological polar surface area (TPSA) is 59.3 Å². The predicted octanol–water partition coefficient (Wildman–Crippen LogP) is 1.88. The average molecular weight is 311 g/mol. The van der Waals surface area contributed by atoms with Crippen LogP contribution in [0.3, 0.4) is 0 Å². The van der Waals surface area contributed by atoms with Crippen molar-refractivity contribution in [3.05, 3.63) is 30.4 Å². The maximum atomic E-state index is 12.0. The van der Waals surface area contributed by atoms with E-state index in [9.17, 15) is 4.79 Å². The summed E-state index contributed by atoms with van der Waals surface area (Å²) in [5, 5.41) is 7.98. The molecule has 0 saturated carbocycles. The van der Waals surface area contributed by atoms with Gasteiger partial charge in [0.05, 0.1) is 23.5 Å². The van der Waals surface area contributed by atoms with Crippen molar-refractivity contribution in [2.24, 2.45) is 5.92 Å². The van der Waals surface area contributed by atoms with E-state index in [-0.39, 0.29) is 5.91 Å². The van der Waals surface area contributed by atoms with Crippen LogP contribution in [-0.4, -0.2) is 32.4 Å². The molecule has 0 spiro atoms. The van der Waals surface area contributed by atoms with Crippen LogP contribution >= 0.6 is 15.9 Å². The van der Waals surface area contributed by atoms with Crippen molar-refractivity contribution in [1.82, 2.24) is 19.9 Å². The first-order valence-electron chi connectivity index (χ1n) is 5.84. The predicted molar refractivity (Wildman–Crippen MR) is 72.9 cm³/mol. The highest BCUT2D eigenvalue weighted by Gasteiger charge is 2.13. The molecule has 1 unspecified atom stereocenters. The summed E-state index contributed by atoms with van der Waals surface area (Å²) in [6.07, 6.45) is 7.61. The van der Waals surface area contributed by atoms with E-state index in [0.717, 1.165) is 17.3 Å². The second-order valence-electron chi connectivity index (χ2n) is 4.26. The van der Waals surface area contributed by atoms with Gasteiger partial charge in [0.2, 0.25) is 0 Å². The Hall–Kier alpha value is -1.43. The number of nitrogens with zero attached hydrogens (tertiary/aromatic N) is 3. The number of hydrogen-bond donors (Lipinski definition) is 1. The molecule has 2 heterocycles. The van der Waals surface area contributed by atoms with Crippen molar-refractivity contribution in [3.8, 4) is 0 Å². The fraction of sp³-hybridized carbons (Fsp3) is 0.417. The van der Waals surface area contributed by atoms with E-state index in [1.54, 1.807) is 29.3 Å². The second kappa shape index (κ2) is 5.95. The van der Waals surface area contributed by atoms with Gasteiger partial charge in [0, 0.05) is 24.3 Å². The molecule has 1 N–H and O–H groups in total. The van der Waals surface area contributed by atoms with Crippen LogP contribution in [0.5, 0.6) is 0 Å². The number of rotatable bonds is 5. The summed E-state index contributed by atoms with van der Waals surface area (Å²) in [4.78, 5) is 16.0. The van der Waals surface area contributed by atoms with Gasteiger partial charge in [-0.3, -0.25) is 9.78 Å². The SMILES string of the molecule is CC(CCBr)CNC(=O)c1cnn2ccncc12. The lowest BCUT2D eigenvalue weighted by atomic mass is 10.1. The molecule has 18 heavy (non-hydrogen) atoms. The van der Waals surface area contributed by atoms with Gasteiger partial charge in [-0.1, -0.05) is 22.9 Å². The van der Waals surface area contributed by atoms with E-state index >= 15 is 0 Å². The van der Waals surface area contributed by atoms with Crippen LogP contribution in [0.15, 0.2) is 24.8 Å². The average Bonchev–Trinajstić information content (AvgIpc) is 2.80. The summed E-state index contributed by atoms with van der Waals surface area (Å²) < 4.78 is 1.64. The van der Waals surface area contributed by atoms with E-state index < -0.39 is 0 Å². The monoisotopic (exact) mass is 310 g/mol. The summed E-state index contributed by atoms with van der Waals surface area (Å²) in [7, 11) is 0. The van der Waals surface area contributed by atoms with Gasteiger partial charge >= 0.3 is 0 Å². The van der Waals surface area contributed by atoms with Gasteiger partial charge in [0.15, 0.2) is 0 Å². The molecule has 5 nitrogen and oxygen atoms in total. The molecule has 0 aromatic carbocycles. The minimum absolute atomic E-state index is 0.0978.